The lowest BCUT2D eigenvalue weighted by molar-refractivity contribution is 0.0946. The normalized spacial score (nSPS) is 13.7. The molecular weight excluding hydrogens is 309 g/mol. The zero-order valence-electron chi connectivity index (χ0n) is 11.8. The first kappa shape index (κ1) is 15.0. The summed E-state index contributed by atoms with van der Waals surface area (Å²) < 4.78 is 20.9. The molecule has 0 spiro atoms. The first-order valence-corrected chi connectivity index (χ1v) is 7.38. The second kappa shape index (κ2) is 6.46. The first-order valence-electron chi connectivity index (χ1n) is 7.00. The molecule has 1 amide bonds. The van der Waals surface area contributed by atoms with E-state index in [1.54, 1.807) is 6.20 Å². The molecule has 116 valence electrons. The minimum absolute atomic E-state index is 0.103. The summed E-state index contributed by atoms with van der Waals surface area (Å²) in [6.07, 6.45) is 2.59. The summed E-state index contributed by atoms with van der Waals surface area (Å²) in [7, 11) is 0. The van der Waals surface area contributed by atoms with Gasteiger partial charge in [0.15, 0.2) is 0 Å². The Morgan fingerprint density at radius 1 is 1.50 bits per heavy atom. The van der Waals surface area contributed by atoms with Crippen molar-refractivity contribution in [3.63, 3.8) is 0 Å². The van der Waals surface area contributed by atoms with Crippen LogP contribution in [0.2, 0.25) is 5.02 Å². The summed E-state index contributed by atoms with van der Waals surface area (Å²) in [6, 6.07) is 4.17. The molecule has 1 aromatic heterocycles. The van der Waals surface area contributed by atoms with Crippen molar-refractivity contribution in [3.05, 3.63) is 52.1 Å². The molecule has 0 saturated heterocycles. The number of amides is 1. The number of carbonyl (C=O) groups excluding carboxylic acids is 1. The Hall–Kier alpha value is -1.92. The molecule has 2 aromatic rings. The number of hydrogen-bond donors (Lipinski definition) is 1. The molecule has 1 N–H and O–H groups in total. The number of rotatable bonds is 4. The van der Waals surface area contributed by atoms with Crippen LogP contribution in [0.1, 0.15) is 21.6 Å². The summed E-state index contributed by atoms with van der Waals surface area (Å²) in [5, 5.41) is 7.06. The van der Waals surface area contributed by atoms with Crippen molar-refractivity contribution in [2.45, 2.75) is 19.6 Å². The van der Waals surface area contributed by atoms with E-state index in [1.165, 1.54) is 18.2 Å². The Kier molecular flexibility index (Phi) is 4.40. The third-order valence-electron chi connectivity index (χ3n) is 3.57. The number of hydrogen-bond acceptors (Lipinski definition) is 3. The minimum Gasteiger partial charge on any atom is -0.376 e. The topological polar surface area (TPSA) is 56.2 Å². The summed E-state index contributed by atoms with van der Waals surface area (Å²) in [5.41, 5.74) is 2.08. The highest BCUT2D eigenvalue weighted by molar-refractivity contribution is 6.33. The number of benzene rings is 1. The standard InChI is InChI=1S/C15H15ClFN3O2/c16-11-2-1-3-12(17)14(11)15(21)18-5-6-20-13-4-7-22-9-10(13)8-19-20/h1-3,8H,4-7,9H2,(H,18,21). The van der Waals surface area contributed by atoms with Gasteiger partial charge in [-0.1, -0.05) is 17.7 Å². The molecule has 7 heteroatoms. The zero-order chi connectivity index (χ0) is 15.5. The Balaban J connectivity index is 1.61. The quantitative estimate of drug-likeness (QED) is 0.938. The largest absolute Gasteiger partial charge is 0.376 e. The van der Waals surface area contributed by atoms with Crippen LogP contribution in [0.4, 0.5) is 4.39 Å². The SMILES string of the molecule is O=C(NCCn1ncc2c1CCOC2)c1c(F)cccc1Cl. The van der Waals surface area contributed by atoms with Gasteiger partial charge in [-0.2, -0.15) is 5.10 Å². The van der Waals surface area contributed by atoms with Crippen LogP contribution in [0.25, 0.3) is 0 Å². The predicted molar refractivity (Wildman–Crippen MR) is 79.3 cm³/mol. The van der Waals surface area contributed by atoms with E-state index in [4.69, 9.17) is 16.3 Å². The lowest BCUT2D eigenvalue weighted by Gasteiger charge is -2.15. The van der Waals surface area contributed by atoms with Gasteiger partial charge in [0.25, 0.3) is 5.91 Å². The molecule has 0 fully saturated rings. The van der Waals surface area contributed by atoms with Crippen molar-refractivity contribution < 1.29 is 13.9 Å². The van der Waals surface area contributed by atoms with Crippen LogP contribution in [0.3, 0.4) is 0 Å². The van der Waals surface area contributed by atoms with E-state index in [1.807, 2.05) is 4.68 Å². The molecule has 1 aromatic carbocycles. The molecule has 0 bridgehead atoms. The molecule has 1 aliphatic heterocycles. The van der Waals surface area contributed by atoms with Crippen LogP contribution in [0.5, 0.6) is 0 Å². The maximum Gasteiger partial charge on any atom is 0.255 e. The van der Waals surface area contributed by atoms with E-state index in [-0.39, 0.29) is 10.6 Å². The Labute approximate surface area is 132 Å². The summed E-state index contributed by atoms with van der Waals surface area (Å²) in [6.45, 7) is 2.12. The lowest BCUT2D eigenvalue weighted by atomic mass is 10.2. The van der Waals surface area contributed by atoms with Crippen LogP contribution in [0, 0.1) is 5.82 Å². The highest BCUT2D eigenvalue weighted by Gasteiger charge is 2.17. The third kappa shape index (κ3) is 2.98. The first-order chi connectivity index (χ1) is 10.7. The maximum atomic E-state index is 13.6. The number of halogens is 2. The van der Waals surface area contributed by atoms with Gasteiger partial charge in [0, 0.05) is 24.2 Å². The van der Waals surface area contributed by atoms with Crippen molar-refractivity contribution in [2.24, 2.45) is 0 Å². The molecule has 0 unspecified atom stereocenters. The van der Waals surface area contributed by atoms with Gasteiger partial charge < -0.3 is 10.1 Å². The van der Waals surface area contributed by atoms with Gasteiger partial charge in [0.1, 0.15) is 5.82 Å². The van der Waals surface area contributed by atoms with Gasteiger partial charge in [-0.3, -0.25) is 9.48 Å². The van der Waals surface area contributed by atoms with E-state index < -0.39 is 11.7 Å². The average molecular weight is 324 g/mol. The molecule has 5 nitrogen and oxygen atoms in total. The molecule has 0 radical (unpaired) electrons. The number of carbonyl (C=O) groups is 1. The molecule has 0 saturated carbocycles. The molecule has 22 heavy (non-hydrogen) atoms. The van der Waals surface area contributed by atoms with Crippen molar-refractivity contribution >= 4 is 17.5 Å². The average Bonchev–Trinajstić information content (AvgIpc) is 2.91. The van der Waals surface area contributed by atoms with Gasteiger partial charge in [0.2, 0.25) is 0 Å². The van der Waals surface area contributed by atoms with E-state index in [2.05, 4.69) is 10.4 Å². The Bertz CT molecular complexity index is 682. The van der Waals surface area contributed by atoms with Gasteiger partial charge in [-0.25, -0.2) is 4.39 Å². The molecular formula is C15H15ClFN3O2. The van der Waals surface area contributed by atoms with Gasteiger partial charge >= 0.3 is 0 Å². The number of aromatic nitrogens is 2. The third-order valence-corrected chi connectivity index (χ3v) is 3.89. The highest BCUT2D eigenvalue weighted by Crippen LogP contribution is 2.19. The van der Waals surface area contributed by atoms with Crippen molar-refractivity contribution in [3.8, 4) is 0 Å². The molecule has 1 aliphatic rings. The van der Waals surface area contributed by atoms with E-state index >= 15 is 0 Å². The molecule has 2 heterocycles. The number of ether oxygens (including phenoxy) is 1. The number of nitrogens with one attached hydrogen (secondary N) is 1. The Morgan fingerprint density at radius 2 is 2.36 bits per heavy atom. The monoisotopic (exact) mass is 323 g/mol. The van der Waals surface area contributed by atoms with Crippen molar-refractivity contribution in [1.29, 1.82) is 0 Å². The fraction of sp³-hybridized carbons (Fsp3) is 0.333. The smallest absolute Gasteiger partial charge is 0.255 e. The second-order valence-electron chi connectivity index (χ2n) is 4.99. The fourth-order valence-electron chi connectivity index (χ4n) is 2.48. The van der Waals surface area contributed by atoms with Crippen molar-refractivity contribution in [1.82, 2.24) is 15.1 Å². The lowest BCUT2D eigenvalue weighted by Crippen LogP contribution is -2.29. The van der Waals surface area contributed by atoms with Crippen LogP contribution in [0.15, 0.2) is 24.4 Å². The Morgan fingerprint density at radius 3 is 3.18 bits per heavy atom. The fourth-order valence-corrected chi connectivity index (χ4v) is 2.73. The van der Waals surface area contributed by atoms with E-state index in [0.29, 0.717) is 26.3 Å². The van der Waals surface area contributed by atoms with Crippen molar-refractivity contribution in [2.75, 3.05) is 13.2 Å². The van der Waals surface area contributed by atoms with Crippen LogP contribution in [-0.4, -0.2) is 28.8 Å². The van der Waals surface area contributed by atoms with E-state index in [9.17, 15) is 9.18 Å². The predicted octanol–water partition coefficient (Wildman–Crippen LogP) is 2.18. The van der Waals surface area contributed by atoms with Crippen LogP contribution in [-0.2, 0) is 24.3 Å². The highest BCUT2D eigenvalue weighted by atomic mass is 35.5. The van der Waals surface area contributed by atoms with Gasteiger partial charge in [-0.15, -0.1) is 0 Å². The maximum absolute atomic E-state index is 13.6. The zero-order valence-corrected chi connectivity index (χ0v) is 12.6. The minimum atomic E-state index is -0.626. The number of fused-ring (bicyclic) bond motifs is 1. The van der Waals surface area contributed by atoms with Crippen LogP contribution >= 0.6 is 11.6 Å². The van der Waals surface area contributed by atoms with Gasteiger partial charge in [0.05, 0.1) is 36.5 Å². The molecule has 0 aliphatic carbocycles. The molecule has 3 rings (SSSR count). The summed E-state index contributed by atoms with van der Waals surface area (Å²) >= 11 is 5.87. The summed E-state index contributed by atoms with van der Waals surface area (Å²) in [4.78, 5) is 12.0. The van der Waals surface area contributed by atoms with Crippen LogP contribution < -0.4 is 5.32 Å². The number of nitrogens with zero attached hydrogens (tertiary/aromatic N) is 2. The molecule has 0 atom stereocenters. The van der Waals surface area contributed by atoms with Gasteiger partial charge in [-0.05, 0) is 12.1 Å². The summed E-state index contributed by atoms with van der Waals surface area (Å²) in [5.74, 6) is -1.15. The van der Waals surface area contributed by atoms with E-state index in [0.717, 1.165) is 17.7 Å². The second-order valence-corrected chi connectivity index (χ2v) is 5.40.